The van der Waals surface area contributed by atoms with Crippen LogP contribution in [0, 0.1) is 13.8 Å². The average molecular weight is 471 g/mol. The summed E-state index contributed by atoms with van der Waals surface area (Å²) < 4.78 is 5.93. The Morgan fingerprint density at radius 3 is 2.55 bits per heavy atom. The minimum atomic E-state index is -0.0868. The predicted molar refractivity (Wildman–Crippen MR) is 130 cm³/mol. The molecular weight excluding hydrogens is 451 g/mol. The summed E-state index contributed by atoms with van der Waals surface area (Å²) in [5, 5.41) is 1.79. The van der Waals surface area contributed by atoms with E-state index in [0.717, 1.165) is 16.8 Å². The van der Waals surface area contributed by atoms with Crippen molar-refractivity contribution < 1.29 is 9.21 Å². The number of furan rings is 1. The second kappa shape index (κ2) is 8.95. The first-order chi connectivity index (χ1) is 14.9. The lowest BCUT2D eigenvalue weighted by atomic mass is 10.1. The van der Waals surface area contributed by atoms with Crippen molar-refractivity contribution in [1.29, 1.82) is 0 Å². The van der Waals surface area contributed by atoms with E-state index < -0.39 is 0 Å². The van der Waals surface area contributed by atoms with Gasteiger partial charge >= 0.3 is 0 Å². The van der Waals surface area contributed by atoms with Crippen molar-refractivity contribution in [3.63, 3.8) is 0 Å². The first-order valence-corrected chi connectivity index (χ1v) is 11.4. The molecule has 0 radical (unpaired) electrons. The standard InChI is InChI=1S/C24H20Cl2N2O2S/c1-4-28-23(29)21(31-24(28)27-22-14(2)6-5-7-15(22)3)13-17-9-11-20(30-17)18-12-16(25)8-10-19(18)26/h5-13H,4H2,1-3H3/b21-13+,27-24?. The number of para-hydroxylation sites is 1. The average Bonchev–Trinajstić information content (AvgIpc) is 3.31. The number of hydrogen-bond acceptors (Lipinski definition) is 4. The van der Waals surface area contributed by atoms with Crippen LogP contribution in [0.4, 0.5) is 5.69 Å². The molecule has 0 bridgehead atoms. The van der Waals surface area contributed by atoms with E-state index in [2.05, 4.69) is 0 Å². The number of benzene rings is 2. The zero-order valence-electron chi connectivity index (χ0n) is 17.3. The van der Waals surface area contributed by atoms with Crippen LogP contribution in [0.5, 0.6) is 0 Å². The summed E-state index contributed by atoms with van der Waals surface area (Å²) in [4.78, 5) is 20.0. The van der Waals surface area contributed by atoms with Crippen molar-refractivity contribution in [3.05, 3.63) is 80.4 Å². The molecule has 0 aliphatic carbocycles. The van der Waals surface area contributed by atoms with E-state index in [4.69, 9.17) is 32.6 Å². The van der Waals surface area contributed by atoms with E-state index in [-0.39, 0.29) is 5.91 Å². The number of amidine groups is 1. The molecule has 0 saturated carbocycles. The molecule has 1 aromatic heterocycles. The molecule has 2 aromatic carbocycles. The molecule has 0 unspecified atom stereocenters. The number of amides is 1. The Labute approximate surface area is 195 Å². The summed E-state index contributed by atoms with van der Waals surface area (Å²) in [7, 11) is 0. The molecule has 4 nitrogen and oxygen atoms in total. The Morgan fingerprint density at radius 2 is 1.84 bits per heavy atom. The van der Waals surface area contributed by atoms with E-state index in [9.17, 15) is 4.79 Å². The van der Waals surface area contributed by atoms with Gasteiger partial charge in [0.1, 0.15) is 11.5 Å². The van der Waals surface area contributed by atoms with Crippen LogP contribution in [0.2, 0.25) is 10.0 Å². The highest BCUT2D eigenvalue weighted by atomic mass is 35.5. The maximum absolute atomic E-state index is 13.0. The summed E-state index contributed by atoms with van der Waals surface area (Å²) in [6, 6.07) is 14.9. The molecule has 4 rings (SSSR count). The van der Waals surface area contributed by atoms with Gasteiger partial charge in [0.25, 0.3) is 5.91 Å². The molecule has 158 valence electrons. The molecule has 0 atom stereocenters. The quantitative estimate of drug-likeness (QED) is 0.370. The Morgan fingerprint density at radius 1 is 1.10 bits per heavy atom. The highest BCUT2D eigenvalue weighted by molar-refractivity contribution is 8.18. The van der Waals surface area contributed by atoms with Gasteiger partial charge in [-0.3, -0.25) is 9.69 Å². The topological polar surface area (TPSA) is 45.8 Å². The SMILES string of the molecule is CCN1C(=O)/C(=C\c2ccc(-c3cc(Cl)ccc3Cl)o2)SC1=Nc1c(C)cccc1C. The summed E-state index contributed by atoms with van der Waals surface area (Å²) in [5.41, 5.74) is 3.75. The third-order valence-corrected chi connectivity index (χ3v) is 6.52. The van der Waals surface area contributed by atoms with Gasteiger partial charge in [0.15, 0.2) is 5.17 Å². The van der Waals surface area contributed by atoms with E-state index >= 15 is 0 Å². The molecule has 1 fully saturated rings. The van der Waals surface area contributed by atoms with E-state index in [1.54, 1.807) is 29.2 Å². The lowest BCUT2D eigenvalue weighted by molar-refractivity contribution is -0.122. The largest absolute Gasteiger partial charge is 0.457 e. The number of hydrogen-bond donors (Lipinski definition) is 0. The van der Waals surface area contributed by atoms with Crippen LogP contribution in [0.3, 0.4) is 0 Å². The fourth-order valence-corrected chi connectivity index (χ4v) is 4.75. The Hall–Kier alpha value is -2.47. The van der Waals surface area contributed by atoms with Gasteiger partial charge in [0.05, 0.1) is 15.6 Å². The van der Waals surface area contributed by atoms with Crippen molar-refractivity contribution in [2.75, 3.05) is 6.54 Å². The Kier molecular flexibility index (Phi) is 6.28. The Balaban J connectivity index is 1.66. The molecular formula is C24H20Cl2N2O2S. The Bertz CT molecular complexity index is 1210. The highest BCUT2D eigenvalue weighted by Crippen LogP contribution is 2.37. The fourth-order valence-electron chi connectivity index (χ4n) is 3.34. The number of rotatable bonds is 4. The van der Waals surface area contributed by atoms with Crippen molar-refractivity contribution in [3.8, 4) is 11.3 Å². The van der Waals surface area contributed by atoms with Gasteiger partial charge in [0, 0.05) is 23.2 Å². The second-order valence-electron chi connectivity index (χ2n) is 7.12. The number of carbonyl (C=O) groups excluding carboxylic acids is 1. The third-order valence-electron chi connectivity index (χ3n) is 4.95. The normalized spacial score (nSPS) is 16.7. The first-order valence-electron chi connectivity index (χ1n) is 9.79. The molecule has 31 heavy (non-hydrogen) atoms. The van der Waals surface area contributed by atoms with Gasteiger partial charge in [-0.15, -0.1) is 0 Å². The third kappa shape index (κ3) is 4.45. The first kappa shape index (κ1) is 21.8. The monoisotopic (exact) mass is 470 g/mol. The van der Waals surface area contributed by atoms with Gasteiger partial charge < -0.3 is 4.42 Å². The van der Waals surface area contributed by atoms with Crippen molar-refractivity contribution in [2.45, 2.75) is 20.8 Å². The van der Waals surface area contributed by atoms with E-state index in [0.29, 0.717) is 43.7 Å². The van der Waals surface area contributed by atoms with Gasteiger partial charge in [-0.2, -0.15) is 0 Å². The van der Waals surface area contributed by atoms with Crippen LogP contribution in [0.25, 0.3) is 17.4 Å². The van der Waals surface area contributed by atoms with E-state index in [1.807, 2.05) is 51.1 Å². The fraction of sp³-hybridized carbons (Fsp3) is 0.167. The number of thioether (sulfide) groups is 1. The van der Waals surface area contributed by atoms with Crippen molar-refractivity contribution in [2.24, 2.45) is 4.99 Å². The van der Waals surface area contributed by atoms with Crippen LogP contribution in [-0.2, 0) is 4.79 Å². The summed E-state index contributed by atoms with van der Waals surface area (Å²) in [6.07, 6.45) is 1.74. The zero-order chi connectivity index (χ0) is 22.1. The van der Waals surface area contributed by atoms with E-state index in [1.165, 1.54) is 11.8 Å². The number of aryl methyl sites for hydroxylation is 2. The van der Waals surface area contributed by atoms with Crippen LogP contribution in [0.15, 0.2) is 62.8 Å². The lowest BCUT2D eigenvalue weighted by Crippen LogP contribution is -2.28. The molecule has 0 spiro atoms. The molecule has 0 N–H and O–H groups in total. The summed E-state index contributed by atoms with van der Waals surface area (Å²) in [5.74, 6) is 1.06. The van der Waals surface area contributed by atoms with Crippen LogP contribution >= 0.6 is 35.0 Å². The molecule has 1 aliphatic heterocycles. The smallest absolute Gasteiger partial charge is 0.266 e. The maximum atomic E-state index is 13.0. The van der Waals surface area contributed by atoms with Gasteiger partial charge in [-0.1, -0.05) is 41.4 Å². The summed E-state index contributed by atoms with van der Waals surface area (Å²) in [6.45, 7) is 6.51. The van der Waals surface area contributed by atoms with Crippen LogP contribution in [0.1, 0.15) is 23.8 Å². The molecule has 1 aliphatic rings. The molecule has 1 amide bonds. The van der Waals surface area contributed by atoms with Crippen LogP contribution in [-0.4, -0.2) is 22.5 Å². The number of aliphatic imine (C=N–C) groups is 1. The molecule has 7 heteroatoms. The molecule has 2 heterocycles. The number of nitrogens with zero attached hydrogens (tertiary/aromatic N) is 2. The van der Waals surface area contributed by atoms with Crippen molar-refractivity contribution in [1.82, 2.24) is 4.90 Å². The summed E-state index contributed by atoms with van der Waals surface area (Å²) >= 11 is 13.7. The van der Waals surface area contributed by atoms with Gasteiger partial charge in [-0.25, -0.2) is 4.99 Å². The number of halogens is 2. The second-order valence-corrected chi connectivity index (χ2v) is 8.97. The molecule has 3 aromatic rings. The number of likely N-dealkylation sites (N-methyl/N-ethyl adjacent to an activating group) is 1. The predicted octanol–water partition coefficient (Wildman–Crippen LogP) is 7.49. The maximum Gasteiger partial charge on any atom is 0.266 e. The van der Waals surface area contributed by atoms with Crippen molar-refractivity contribution >= 4 is 57.8 Å². The lowest BCUT2D eigenvalue weighted by Gasteiger charge is -2.13. The highest BCUT2D eigenvalue weighted by Gasteiger charge is 2.32. The van der Waals surface area contributed by atoms with Gasteiger partial charge in [0.2, 0.25) is 0 Å². The zero-order valence-corrected chi connectivity index (χ0v) is 19.6. The molecule has 1 saturated heterocycles. The minimum Gasteiger partial charge on any atom is -0.457 e. The number of carbonyl (C=O) groups is 1. The minimum absolute atomic E-state index is 0.0868. The van der Waals surface area contributed by atoms with Gasteiger partial charge in [-0.05, 0) is 74.0 Å². The van der Waals surface area contributed by atoms with Crippen LogP contribution < -0.4 is 0 Å².